The number of hydrogen-bond donors (Lipinski definition) is 0. The third kappa shape index (κ3) is 2.44. The van der Waals surface area contributed by atoms with E-state index in [0.29, 0.717) is 16.6 Å². The summed E-state index contributed by atoms with van der Waals surface area (Å²) in [5.74, 6) is -0.397. The second kappa shape index (κ2) is 5.06. The number of amides is 1. The number of fused-ring (bicyclic) bond motifs is 1. The molecule has 98 valence electrons. The summed E-state index contributed by atoms with van der Waals surface area (Å²) in [7, 11) is 0. The largest absolute Gasteiger partial charge is 0.334 e. The monoisotopic (exact) mass is 339 g/mol. The highest BCUT2D eigenvalue weighted by molar-refractivity contribution is 9.10. The van der Waals surface area contributed by atoms with Crippen LogP contribution in [-0.4, -0.2) is 17.4 Å². The molecule has 0 N–H and O–H groups in total. The van der Waals surface area contributed by atoms with Crippen LogP contribution in [0.25, 0.3) is 0 Å². The van der Waals surface area contributed by atoms with E-state index in [4.69, 9.17) is 0 Å². The molecule has 0 fully saturated rings. The number of carbonyl (C=O) groups is 1. The Hall–Kier alpha value is -1.20. The van der Waals surface area contributed by atoms with E-state index in [1.165, 1.54) is 28.6 Å². The number of nitrogens with zero attached hydrogens (tertiary/aromatic N) is 1. The van der Waals surface area contributed by atoms with Gasteiger partial charge in [-0.1, -0.05) is 0 Å². The Kier molecular flexibility index (Phi) is 3.41. The van der Waals surface area contributed by atoms with Crippen molar-refractivity contribution in [2.24, 2.45) is 0 Å². The average Bonchev–Trinajstić information content (AvgIpc) is 2.85. The number of carbonyl (C=O) groups excluding carboxylic acids is 1. The SMILES string of the molecule is O=C(c1ccc(F)cc1Br)N1CCc2sccc2C1. The standard InChI is InChI=1S/C14H11BrFNOS/c15-12-7-10(16)1-2-11(12)14(18)17-5-3-13-9(8-17)4-6-19-13/h1-2,4,6-7H,3,5,8H2. The summed E-state index contributed by atoms with van der Waals surface area (Å²) >= 11 is 5.00. The summed E-state index contributed by atoms with van der Waals surface area (Å²) in [6, 6.07) is 6.25. The lowest BCUT2D eigenvalue weighted by molar-refractivity contribution is 0.0735. The average molecular weight is 340 g/mol. The minimum Gasteiger partial charge on any atom is -0.334 e. The normalized spacial score (nSPS) is 14.3. The molecule has 5 heteroatoms. The molecule has 0 bridgehead atoms. The van der Waals surface area contributed by atoms with Gasteiger partial charge in [-0.15, -0.1) is 11.3 Å². The van der Waals surface area contributed by atoms with Crippen LogP contribution in [0.15, 0.2) is 34.1 Å². The van der Waals surface area contributed by atoms with E-state index in [9.17, 15) is 9.18 Å². The maximum Gasteiger partial charge on any atom is 0.255 e. The van der Waals surface area contributed by atoms with Gasteiger partial charge >= 0.3 is 0 Å². The number of benzene rings is 1. The first-order chi connectivity index (χ1) is 9.15. The first-order valence-electron chi connectivity index (χ1n) is 5.95. The molecule has 0 atom stereocenters. The molecule has 1 aliphatic rings. The Morgan fingerprint density at radius 2 is 2.21 bits per heavy atom. The van der Waals surface area contributed by atoms with Crippen LogP contribution in [0.4, 0.5) is 4.39 Å². The third-order valence-electron chi connectivity index (χ3n) is 3.26. The zero-order valence-electron chi connectivity index (χ0n) is 10.0. The molecule has 2 nitrogen and oxygen atoms in total. The minimum atomic E-state index is -0.345. The Morgan fingerprint density at radius 3 is 3.00 bits per heavy atom. The van der Waals surface area contributed by atoms with Crippen molar-refractivity contribution in [3.8, 4) is 0 Å². The summed E-state index contributed by atoms with van der Waals surface area (Å²) in [4.78, 5) is 15.6. The van der Waals surface area contributed by atoms with Crippen LogP contribution in [0.3, 0.4) is 0 Å². The molecule has 0 saturated heterocycles. The van der Waals surface area contributed by atoms with Gasteiger partial charge in [0.25, 0.3) is 5.91 Å². The summed E-state index contributed by atoms with van der Waals surface area (Å²) < 4.78 is 13.6. The number of hydrogen-bond acceptors (Lipinski definition) is 2. The molecule has 0 aliphatic carbocycles. The molecule has 19 heavy (non-hydrogen) atoms. The van der Waals surface area contributed by atoms with E-state index in [2.05, 4.69) is 27.4 Å². The van der Waals surface area contributed by atoms with Gasteiger partial charge in [-0.2, -0.15) is 0 Å². The van der Waals surface area contributed by atoms with E-state index in [0.717, 1.165) is 13.0 Å². The highest BCUT2D eigenvalue weighted by Gasteiger charge is 2.23. The molecule has 0 radical (unpaired) electrons. The maximum absolute atomic E-state index is 13.1. The Bertz CT molecular complexity index is 640. The molecule has 0 spiro atoms. The highest BCUT2D eigenvalue weighted by atomic mass is 79.9. The second-order valence-electron chi connectivity index (χ2n) is 4.47. The first-order valence-corrected chi connectivity index (χ1v) is 7.62. The molecule has 2 aromatic rings. The van der Waals surface area contributed by atoms with Gasteiger partial charge in [0.1, 0.15) is 5.82 Å². The molecule has 0 unspecified atom stereocenters. The van der Waals surface area contributed by atoms with Crippen molar-refractivity contribution in [3.63, 3.8) is 0 Å². The van der Waals surface area contributed by atoms with Crippen molar-refractivity contribution < 1.29 is 9.18 Å². The Morgan fingerprint density at radius 1 is 1.37 bits per heavy atom. The second-order valence-corrected chi connectivity index (χ2v) is 6.32. The summed E-state index contributed by atoms with van der Waals surface area (Å²) in [6.07, 6.45) is 0.900. The fourth-order valence-electron chi connectivity index (χ4n) is 2.26. The van der Waals surface area contributed by atoms with Crippen molar-refractivity contribution in [2.45, 2.75) is 13.0 Å². The van der Waals surface area contributed by atoms with Crippen LogP contribution < -0.4 is 0 Å². The molecule has 1 amide bonds. The zero-order valence-corrected chi connectivity index (χ0v) is 12.4. The fraction of sp³-hybridized carbons (Fsp3) is 0.214. The van der Waals surface area contributed by atoms with Crippen molar-refractivity contribution in [3.05, 3.63) is 55.9 Å². The van der Waals surface area contributed by atoms with Gasteiger partial charge in [-0.25, -0.2) is 4.39 Å². The van der Waals surface area contributed by atoms with Gasteiger partial charge in [-0.05, 0) is 57.6 Å². The lowest BCUT2D eigenvalue weighted by Crippen LogP contribution is -2.35. The van der Waals surface area contributed by atoms with Crippen LogP contribution in [0.2, 0.25) is 0 Å². The minimum absolute atomic E-state index is 0.0521. The van der Waals surface area contributed by atoms with E-state index < -0.39 is 0 Å². The van der Waals surface area contributed by atoms with E-state index in [-0.39, 0.29) is 11.7 Å². The number of halogens is 2. The van der Waals surface area contributed by atoms with Gasteiger partial charge in [0, 0.05) is 22.4 Å². The predicted molar refractivity (Wildman–Crippen MR) is 76.9 cm³/mol. The smallest absolute Gasteiger partial charge is 0.255 e. The van der Waals surface area contributed by atoms with E-state index >= 15 is 0 Å². The summed E-state index contributed by atoms with van der Waals surface area (Å²) in [6.45, 7) is 1.36. The predicted octanol–water partition coefficient (Wildman–Crippen LogP) is 3.85. The topological polar surface area (TPSA) is 20.3 Å². The van der Waals surface area contributed by atoms with Crippen LogP contribution in [0.1, 0.15) is 20.8 Å². The number of rotatable bonds is 1. The summed E-state index contributed by atoms with van der Waals surface area (Å²) in [5.41, 5.74) is 1.74. The molecule has 1 aromatic heterocycles. The molecule has 1 aromatic carbocycles. The number of thiophene rings is 1. The molecule has 2 heterocycles. The van der Waals surface area contributed by atoms with Gasteiger partial charge < -0.3 is 4.90 Å². The van der Waals surface area contributed by atoms with Crippen LogP contribution >= 0.6 is 27.3 Å². The van der Waals surface area contributed by atoms with Crippen LogP contribution in [0.5, 0.6) is 0 Å². The van der Waals surface area contributed by atoms with Crippen LogP contribution in [-0.2, 0) is 13.0 Å². The third-order valence-corrected chi connectivity index (χ3v) is 4.94. The molecular formula is C14H11BrFNOS. The summed E-state index contributed by atoms with van der Waals surface area (Å²) in [5, 5.41) is 2.06. The maximum atomic E-state index is 13.1. The lowest BCUT2D eigenvalue weighted by Gasteiger charge is -2.27. The van der Waals surface area contributed by atoms with Crippen molar-refractivity contribution >= 4 is 33.2 Å². The molecule has 1 aliphatic heterocycles. The van der Waals surface area contributed by atoms with Crippen molar-refractivity contribution in [1.82, 2.24) is 4.90 Å². The van der Waals surface area contributed by atoms with Crippen LogP contribution in [0, 0.1) is 5.82 Å². The van der Waals surface area contributed by atoms with E-state index in [1.54, 1.807) is 11.3 Å². The van der Waals surface area contributed by atoms with Crippen molar-refractivity contribution in [2.75, 3.05) is 6.54 Å². The Labute approximate surface area is 123 Å². The van der Waals surface area contributed by atoms with Gasteiger partial charge in [0.15, 0.2) is 0 Å². The fourth-order valence-corrected chi connectivity index (χ4v) is 3.67. The van der Waals surface area contributed by atoms with Gasteiger partial charge in [-0.3, -0.25) is 4.79 Å². The molecule has 0 saturated carbocycles. The highest BCUT2D eigenvalue weighted by Crippen LogP contribution is 2.26. The Balaban J connectivity index is 1.85. The van der Waals surface area contributed by atoms with Gasteiger partial charge in [0.05, 0.1) is 5.56 Å². The van der Waals surface area contributed by atoms with Crippen molar-refractivity contribution in [1.29, 1.82) is 0 Å². The molecular weight excluding hydrogens is 329 g/mol. The van der Waals surface area contributed by atoms with E-state index in [1.807, 2.05) is 4.90 Å². The molecule has 3 rings (SSSR count). The quantitative estimate of drug-likeness (QED) is 0.772. The lowest BCUT2D eigenvalue weighted by atomic mass is 10.1. The van der Waals surface area contributed by atoms with Gasteiger partial charge in [0.2, 0.25) is 0 Å². The zero-order chi connectivity index (χ0) is 13.4. The first kappa shape index (κ1) is 12.8.